The molecule has 6 heteroatoms. The van der Waals surface area contributed by atoms with Crippen LogP contribution in [0.15, 0.2) is 6.20 Å². The summed E-state index contributed by atoms with van der Waals surface area (Å²) in [5.41, 5.74) is 2.34. The maximum absolute atomic E-state index is 13.6. The van der Waals surface area contributed by atoms with Crippen LogP contribution >= 0.6 is 0 Å². The fourth-order valence-electron chi connectivity index (χ4n) is 4.21. The minimum atomic E-state index is -0.411. The zero-order chi connectivity index (χ0) is 12.3. The number of nitrogen functional groups attached to an aromatic ring is 1. The average Bonchev–Trinajstić information content (AvgIpc) is 2.79. The molecule has 96 valence electrons. The number of rotatable bonds is 3. The molecule has 3 aliphatic rings. The molecule has 0 amide bonds. The van der Waals surface area contributed by atoms with Gasteiger partial charge in [0.05, 0.1) is 6.20 Å². The van der Waals surface area contributed by atoms with E-state index < -0.39 is 5.82 Å². The Morgan fingerprint density at radius 2 is 2.00 bits per heavy atom. The quantitative estimate of drug-likeness (QED) is 0.557. The molecule has 3 fully saturated rings. The van der Waals surface area contributed by atoms with E-state index in [2.05, 4.69) is 20.7 Å². The van der Waals surface area contributed by atoms with Crippen LogP contribution in [0.3, 0.4) is 0 Å². The van der Waals surface area contributed by atoms with E-state index in [0.717, 1.165) is 29.9 Å². The van der Waals surface area contributed by atoms with E-state index in [1.165, 1.54) is 19.3 Å². The smallest absolute Gasteiger partial charge is 0.239 e. The van der Waals surface area contributed by atoms with Gasteiger partial charge in [-0.2, -0.15) is 4.98 Å². The summed E-state index contributed by atoms with van der Waals surface area (Å²) in [7, 11) is 0. The molecule has 0 radical (unpaired) electrons. The van der Waals surface area contributed by atoms with E-state index in [-0.39, 0.29) is 11.8 Å². The van der Waals surface area contributed by atoms with Crippen molar-refractivity contribution in [2.75, 3.05) is 10.7 Å². The second kappa shape index (κ2) is 3.54. The summed E-state index contributed by atoms with van der Waals surface area (Å²) in [5.74, 6) is 8.54. The van der Waals surface area contributed by atoms with E-state index in [1.54, 1.807) is 0 Å². The molecule has 4 atom stereocenters. The normalized spacial score (nSPS) is 39.6. The molecule has 1 heterocycles. The molecule has 4 rings (SSSR count). The molecule has 0 saturated heterocycles. The lowest BCUT2D eigenvalue weighted by Gasteiger charge is -2.12. The highest BCUT2D eigenvalue weighted by Crippen LogP contribution is 2.66. The van der Waals surface area contributed by atoms with Crippen molar-refractivity contribution < 1.29 is 4.39 Å². The number of nitrogens with two attached hydrogens (primary N) is 1. The number of halogens is 1. The molecule has 18 heavy (non-hydrogen) atoms. The third-order valence-corrected chi connectivity index (χ3v) is 4.91. The molecule has 0 aromatic carbocycles. The lowest BCUT2D eigenvalue weighted by molar-refractivity contribution is 0.456. The molecule has 4 unspecified atom stereocenters. The Kier molecular flexibility index (Phi) is 2.06. The van der Waals surface area contributed by atoms with Crippen LogP contribution in [0.2, 0.25) is 0 Å². The number of hydrogen-bond donors (Lipinski definition) is 3. The van der Waals surface area contributed by atoms with Gasteiger partial charge in [0.25, 0.3) is 0 Å². The molecule has 5 nitrogen and oxygen atoms in total. The largest absolute Gasteiger partial charge is 0.364 e. The fourth-order valence-corrected chi connectivity index (χ4v) is 4.21. The van der Waals surface area contributed by atoms with Gasteiger partial charge in [-0.15, -0.1) is 0 Å². The Bertz CT molecular complexity index is 477. The van der Waals surface area contributed by atoms with E-state index in [9.17, 15) is 4.39 Å². The van der Waals surface area contributed by atoms with Gasteiger partial charge >= 0.3 is 0 Å². The van der Waals surface area contributed by atoms with Crippen molar-refractivity contribution in [3.8, 4) is 0 Å². The topological polar surface area (TPSA) is 75.9 Å². The van der Waals surface area contributed by atoms with E-state index in [4.69, 9.17) is 5.84 Å². The van der Waals surface area contributed by atoms with Gasteiger partial charge in [0.1, 0.15) is 0 Å². The highest BCUT2D eigenvalue weighted by atomic mass is 19.1. The van der Waals surface area contributed by atoms with Crippen LogP contribution in [0.1, 0.15) is 19.3 Å². The zero-order valence-electron chi connectivity index (χ0n) is 9.94. The lowest BCUT2D eigenvalue weighted by atomic mass is 10.0. The number of hydrogen-bond acceptors (Lipinski definition) is 5. The molecule has 1 aromatic rings. The fraction of sp³-hybridized carbons (Fsp3) is 0.667. The number of aromatic nitrogens is 2. The van der Waals surface area contributed by atoms with E-state index in [1.807, 2.05) is 0 Å². The van der Waals surface area contributed by atoms with Gasteiger partial charge in [0.15, 0.2) is 11.6 Å². The first-order chi connectivity index (χ1) is 8.78. The summed E-state index contributed by atoms with van der Waals surface area (Å²) in [6.45, 7) is 0. The molecule has 4 N–H and O–H groups in total. The molecule has 2 bridgehead atoms. The van der Waals surface area contributed by atoms with Crippen LogP contribution in [0.25, 0.3) is 0 Å². The van der Waals surface area contributed by atoms with Gasteiger partial charge in [0.2, 0.25) is 5.95 Å². The molecular formula is C12H16FN5. The summed E-state index contributed by atoms with van der Waals surface area (Å²) < 4.78 is 13.6. The summed E-state index contributed by atoms with van der Waals surface area (Å²) in [4.78, 5) is 7.77. The Balaban J connectivity index is 1.53. The minimum Gasteiger partial charge on any atom is -0.364 e. The third kappa shape index (κ3) is 1.35. The van der Waals surface area contributed by atoms with Gasteiger partial charge in [0, 0.05) is 6.04 Å². The summed E-state index contributed by atoms with van der Waals surface area (Å²) in [5, 5.41) is 3.24. The van der Waals surface area contributed by atoms with Crippen molar-refractivity contribution in [2.24, 2.45) is 29.5 Å². The van der Waals surface area contributed by atoms with Crippen LogP contribution in [0.4, 0.5) is 16.2 Å². The van der Waals surface area contributed by atoms with Crippen molar-refractivity contribution in [3.05, 3.63) is 12.0 Å². The zero-order valence-corrected chi connectivity index (χ0v) is 9.94. The lowest BCUT2D eigenvalue weighted by Crippen LogP contribution is -2.17. The number of nitrogens with one attached hydrogen (secondary N) is 2. The van der Waals surface area contributed by atoms with Gasteiger partial charge in [-0.1, -0.05) is 0 Å². The minimum absolute atomic E-state index is 0.243. The van der Waals surface area contributed by atoms with Gasteiger partial charge in [-0.3, -0.25) is 5.43 Å². The van der Waals surface area contributed by atoms with Crippen molar-refractivity contribution >= 4 is 11.8 Å². The monoisotopic (exact) mass is 249 g/mol. The molecule has 3 saturated carbocycles. The van der Waals surface area contributed by atoms with Crippen molar-refractivity contribution in [1.82, 2.24) is 9.97 Å². The summed E-state index contributed by atoms with van der Waals surface area (Å²) in [6.07, 6.45) is 5.24. The Hall–Kier alpha value is -1.43. The molecule has 3 aliphatic carbocycles. The standard InChI is InChI=1S/C12H16FN5/c13-7-4-15-12(18-14)17-11(7)16-10-8-5-1-2-6(3-5)9(8)10/h4-6,8-10H,1-3,14H2,(H2,15,16,17,18). The molecular weight excluding hydrogens is 233 g/mol. The highest BCUT2D eigenvalue weighted by Gasteiger charge is 2.65. The third-order valence-electron chi connectivity index (χ3n) is 4.91. The Morgan fingerprint density at radius 3 is 2.67 bits per heavy atom. The maximum atomic E-state index is 13.6. The van der Waals surface area contributed by atoms with Gasteiger partial charge in [-0.05, 0) is 42.9 Å². The predicted octanol–water partition coefficient (Wildman–Crippen LogP) is 1.36. The first-order valence-electron chi connectivity index (χ1n) is 6.53. The first-order valence-corrected chi connectivity index (χ1v) is 6.53. The summed E-state index contributed by atoms with van der Waals surface area (Å²) in [6, 6.07) is 0.409. The molecule has 0 aliphatic heterocycles. The Morgan fingerprint density at radius 1 is 1.28 bits per heavy atom. The van der Waals surface area contributed by atoms with Crippen LogP contribution in [-0.4, -0.2) is 16.0 Å². The van der Waals surface area contributed by atoms with E-state index >= 15 is 0 Å². The first kappa shape index (κ1) is 10.5. The van der Waals surface area contributed by atoms with Crippen LogP contribution in [0, 0.1) is 29.5 Å². The molecule has 1 aromatic heterocycles. The summed E-state index contributed by atoms with van der Waals surface area (Å²) >= 11 is 0. The second-order valence-corrected chi connectivity index (χ2v) is 5.69. The second-order valence-electron chi connectivity index (χ2n) is 5.69. The highest BCUT2D eigenvalue weighted by molar-refractivity contribution is 5.44. The van der Waals surface area contributed by atoms with Crippen LogP contribution in [-0.2, 0) is 0 Å². The Labute approximate surface area is 104 Å². The number of hydrazine groups is 1. The van der Waals surface area contributed by atoms with E-state index in [0.29, 0.717) is 6.04 Å². The van der Waals surface area contributed by atoms with Gasteiger partial charge < -0.3 is 5.32 Å². The van der Waals surface area contributed by atoms with Crippen molar-refractivity contribution in [1.29, 1.82) is 0 Å². The SMILES string of the molecule is NNc1ncc(F)c(NC2C3C4CCC(C4)C23)n1. The average molecular weight is 249 g/mol. The number of anilines is 2. The molecule has 0 spiro atoms. The van der Waals surface area contributed by atoms with Crippen LogP contribution in [0.5, 0.6) is 0 Å². The van der Waals surface area contributed by atoms with Gasteiger partial charge in [-0.25, -0.2) is 15.2 Å². The maximum Gasteiger partial charge on any atom is 0.239 e. The van der Waals surface area contributed by atoms with Crippen LogP contribution < -0.4 is 16.6 Å². The number of nitrogens with zero attached hydrogens (tertiary/aromatic N) is 2. The van der Waals surface area contributed by atoms with Crippen molar-refractivity contribution in [3.63, 3.8) is 0 Å². The van der Waals surface area contributed by atoms with Crippen molar-refractivity contribution in [2.45, 2.75) is 25.3 Å². The number of fused-ring (bicyclic) bond motifs is 5. The predicted molar refractivity (Wildman–Crippen MR) is 65.0 cm³/mol.